The van der Waals surface area contributed by atoms with Gasteiger partial charge in [0.1, 0.15) is 0 Å². The molecule has 1 aliphatic heterocycles. The Labute approximate surface area is 149 Å². The van der Waals surface area contributed by atoms with Crippen LogP contribution in [0.2, 0.25) is 0 Å². The summed E-state index contributed by atoms with van der Waals surface area (Å²) in [6, 6.07) is 6.09. The minimum atomic E-state index is 0.111. The van der Waals surface area contributed by atoms with E-state index in [4.69, 9.17) is 4.52 Å². The van der Waals surface area contributed by atoms with Gasteiger partial charge in [0.15, 0.2) is 11.0 Å². The fourth-order valence-corrected chi connectivity index (χ4v) is 3.84. The zero-order chi connectivity index (χ0) is 17.4. The molecule has 0 unspecified atom stereocenters. The summed E-state index contributed by atoms with van der Waals surface area (Å²) in [6.45, 7) is 5.22. The van der Waals surface area contributed by atoms with Gasteiger partial charge >= 0.3 is 0 Å². The number of rotatable bonds is 4. The summed E-state index contributed by atoms with van der Waals surface area (Å²) in [5.74, 6) is 1.89. The molecule has 0 spiro atoms. The molecule has 3 aromatic rings. The standard InChI is InChI=1S/C17H19N5O2S/c1-10-3-4-13-14(7-10)20-17(19-13)25-9-15(23)22-6-5-12(8-22)16-18-11(2)21-24-16/h3-4,7,12H,5-6,8-9H2,1-2H3,(H,19,20)/t12-/m0/s1. The van der Waals surface area contributed by atoms with E-state index < -0.39 is 0 Å². The van der Waals surface area contributed by atoms with Crippen LogP contribution in [0.3, 0.4) is 0 Å². The molecule has 4 rings (SSSR count). The maximum absolute atomic E-state index is 12.5. The average molecular weight is 357 g/mol. The van der Waals surface area contributed by atoms with Crippen molar-refractivity contribution in [2.24, 2.45) is 0 Å². The predicted molar refractivity (Wildman–Crippen MR) is 94.5 cm³/mol. The molecule has 0 radical (unpaired) electrons. The summed E-state index contributed by atoms with van der Waals surface area (Å²) < 4.78 is 5.23. The normalized spacial score (nSPS) is 17.5. The third-order valence-electron chi connectivity index (χ3n) is 4.38. The number of hydrogen-bond donors (Lipinski definition) is 1. The molecule has 1 aliphatic rings. The van der Waals surface area contributed by atoms with E-state index in [9.17, 15) is 4.79 Å². The largest absolute Gasteiger partial charge is 0.341 e. The van der Waals surface area contributed by atoms with Gasteiger partial charge in [0, 0.05) is 13.1 Å². The molecule has 2 aromatic heterocycles. The lowest BCUT2D eigenvalue weighted by Gasteiger charge is -2.14. The first kappa shape index (κ1) is 16.1. The minimum Gasteiger partial charge on any atom is -0.341 e. The molecule has 3 heterocycles. The monoisotopic (exact) mass is 357 g/mol. The first-order valence-electron chi connectivity index (χ1n) is 8.25. The maximum Gasteiger partial charge on any atom is 0.233 e. The SMILES string of the molecule is Cc1ccc2nc(SCC(=O)N3CC[C@H](c4nc(C)no4)C3)[nH]c2c1. The summed E-state index contributed by atoms with van der Waals surface area (Å²) in [6.07, 6.45) is 0.863. The number of carbonyl (C=O) groups excluding carboxylic acids is 1. The van der Waals surface area contributed by atoms with Gasteiger partial charge < -0.3 is 14.4 Å². The highest BCUT2D eigenvalue weighted by Crippen LogP contribution is 2.27. The molecule has 0 saturated carbocycles. The number of nitrogens with one attached hydrogen (secondary N) is 1. The van der Waals surface area contributed by atoms with E-state index in [1.165, 1.54) is 17.3 Å². The highest BCUT2D eigenvalue weighted by atomic mass is 32.2. The average Bonchev–Trinajstić information content (AvgIpc) is 3.30. The number of likely N-dealkylation sites (tertiary alicyclic amines) is 1. The first-order chi connectivity index (χ1) is 12.1. The van der Waals surface area contributed by atoms with Crippen molar-refractivity contribution in [2.75, 3.05) is 18.8 Å². The number of H-pyrrole nitrogens is 1. The summed E-state index contributed by atoms with van der Waals surface area (Å²) in [4.78, 5) is 26.4. The zero-order valence-electron chi connectivity index (χ0n) is 14.2. The van der Waals surface area contributed by atoms with Crippen molar-refractivity contribution in [1.82, 2.24) is 25.0 Å². The lowest BCUT2D eigenvalue weighted by Crippen LogP contribution is -2.30. The molecule has 7 nitrogen and oxygen atoms in total. The number of amides is 1. The molecular weight excluding hydrogens is 338 g/mol. The number of hydrogen-bond acceptors (Lipinski definition) is 6. The van der Waals surface area contributed by atoms with Crippen LogP contribution in [-0.2, 0) is 4.79 Å². The molecule has 0 aliphatic carbocycles. The molecule has 1 N–H and O–H groups in total. The third-order valence-corrected chi connectivity index (χ3v) is 5.24. The fraction of sp³-hybridized carbons (Fsp3) is 0.412. The number of imidazole rings is 1. The van der Waals surface area contributed by atoms with Gasteiger partial charge in [0.25, 0.3) is 0 Å². The van der Waals surface area contributed by atoms with Gasteiger partial charge in [-0.25, -0.2) is 4.98 Å². The predicted octanol–water partition coefficient (Wildman–Crippen LogP) is 2.67. The van der Waals surface area contributed by atoms with Gasteiger partial charge in [0.05, 0.1) is 22.7 Å². The van der Waals surface area contributed by atoms with Crippen LogP contribution < -0.4 is 0 Å². The minimum absolute atomic E-state index is 0.111. The maximum atomic E-state index is 12.5. The van der Waals surface area contributed by atoms with Gasteiger partial charge in [-0.15, -0.1) is 0 Å². The molecule has 8 heteroatoms. The Balaban J connectivity index is 1.35. The summed E-state index contributed by atoms with van der Waals surface area (Å²) in [5, 5.41) is 4.60. The molecule has 1 saturated heterocycles. The molecule has 25 heavy (non-hydrogen) atoms. The van der Waals surface area contributed by atoms with Crippen LogP contribution >= 0.6 is 11.8 Å². The highest BCUT2D eigenvalue weighted by molar-refractivity contribution is 7.99. The Hall–Kier alpha value is -2.35. The van der Waals surface area contributed by atoms with Crippen molar-refractivity contribution in [3.05, 3.63) is 35.5 Å². The van der Waals surface area contributed by atoms with Crippen molar-refractivity contribution in [3.8, 4) is 0 Å². The number of carbonyl (C=O) groups is 1. The van der Waals surface area contributed by atoms with E-state index >= 15 is 0 Å². The van der Waals surface area contributed by atoms with Crippen LogP contribution in [0.15, 0.2) is 27.9 Å². The fourth-order valence-electron chi connectivity index (χ4n) is 3.06. The van der Waals surface area contributed by atoms with E-state index in [-0.39, 0.29) is 11.8 Å². The second-order valence-electron chi connectivity index (χ2n) is 6.36. The lowest BCUT2D eigenvalue weighted by atomic mass is 10.1. The Morgan fingerprint density at radius 1 is 1.40 bits per heavy atom. The molecule has 130 valence electrons. The Kier molecular flexibility index (Phi) is 4.20. The van der Waals surface area contributed by atoms with Gasteiger partial charge in [0.2, 0.25) is 11.8 Å². The van der Waals surface area contributed by atoms with Crippen LogP contribution in [-0.4, -0.2) is 49.8 Å². The Morgan fingerprint density at radius 3 is 3.08 bits per heavy atom. The van der Waals surface area contributed by atoms with Crippen LogP contribution in [0.25, 0.3) is 11.0 Å². The highest BCUT2D eigenvalue weighted by Gasteiger charge is 2.30. The lowest BCUT2D eigenvalue weighted by molar-refractivity contribution is -0.127. The van der Waals surface area contributed by atoms with Crippen LogP contribution in [0.5, 0.6) is 0 Å². The second kappa shape index (κ2) is 6.51. The summed E-state index contributed by atoms with van der Waals surface area (Å²) in [5.41, 5.74) is 3.11. The Bertz CT molecular complexity index is 919. The molecule has 1 atom stereocenters. The summed E-state index contributed by atoms with van der Waals surface area (Å²) >= 11 is 1.44. The summed E-state index contributed by atoms with van der Waals surface area (Å²) in [7, 11) is 0. The van der Waals surface area contributed by atoms with Crippen molar-refractivity contribution in [3.63, 3.8) is 0 Å². The molecule has 1 aromatic carbocycles. The van der Waals surface area contributed by atoms with E-state index in [0.29, 0.717) is 24.0 Å². The van der Waals surface area contributed by atoms with E-state index in [0.717, 1.165) is 29.2 Å². The van der Waals surface area contributed by atoms with Crippen LogP contribution in [0.1, 0.15) is 29.6 Å². The number of aromatic amines is 1. The topological polar surface area (TPSA) is 87.9 Å². The third kappa shape index (κ3) is 3.39. The van der Waals surface area contributed by atoms with Gasteiger partial charge in [-0.3, -0.25) is 4.79 Å². The van der Waals surface area contributed by atoms with Gasteiger partial charge in [-0.1, -0.05) is 23.0 Å². The van der Waals surface area contributed by atoms with Gasteiger partial charge in [-0.2, -0.15) is 4.98 Å². The molecule has 1 amide bonds. The van der Waals surface area contributed by atoms with Crippen molar-refractivity contribution >= 4 is 28.7 Å². The van der Waals surface area contributed by atoms with E-state index in [1.807, 2.05) is 24.0 Å². The second-order valence-corrected chi connectivity index (χ2v) is 7.32. The number of thioether (sulfide) groups is 1. The quantitative estimate of drug-likeness (QED) is 0.722. The smallest absolute Gasteiger partial charge is 0.233 e. The van der Waals surface area contributed by atoms with E-state index in [1.54, 1.807) is 6.92 Å². The number of aromatic nitrogens is 4. The van der Waals surface area contributed by atoms with Crippen molar-refractivity contribution in [1.29, 1.82) is 0 Å². The number of aryl methyl sites for hydroxylation is 2. The first-order valence-corrected chi connectivity index (χ1v) is 9.24. The Morgan fingerprint density at radius 2 is 2.28 bits per heavy atom. The van der Waals surface area contributed by atoms with E-state index in [2.05, 4.69) is 26.2 Å². The molecular formula is C17H19N5O2S. The van der Waals surface area contributed by atoms with Crippen LogP contribution in [0.4, 0.5) is 0 Å². The number of benzene rings is 1. The molecule has 1 fully saturated rings. The van der Waals surface area contributed by atoms with Gasteiger partial charge in [-0.05, 0) is 38.0 Å². The van der Waals surface area contributed by atoms with Crippen LogP contribution in [0, 0.1) is 13.8 Å². The number of nitrogens with zero attached hydrogens (tertiary/aromatic N) is 4. The molecule has 0 bridgehead atoms. The van der Waals surface area contributed by atoms with Crippen molar-refractivity contribution in [2.45, 2.75) is 31.3 Å². The zero-order valence-corrected chi connectivity index (χ0v) is 15.0. The van der Waals surface area contributed by atoms with Crippen molar-refractivity contribution < 1.29 is 9.32 Å². The number of fused-ring (bicyclic) bond motifs is 1.